The molecule has 0 bridgehead atoms. The van der Waals surface area contributed by atoms with E-state index < -0.39 is 18.1 Å². The topological polar surface area (TPSA) is 86.9 Å². The zero-order chi connectivity index (χ0) is 25.8. The van der Waals surface area contributed by atoms with Gasteiger partial charge in [0, 0.05) is 52.0 Å². The summed E-state index contributed by atoms with van der Waals surface area (Å²) < 4.78 is 64.0. The van der Waals surface area contributed by atoms with E-state index in [1.807, 2.05) is 0 Å². The number of aryl methyl sites for hydroxylation is 1. The number of carboxylic acid groups (broad SMARTS) is 1. The number of carbonyl (C=O) groups excluding carboxylic acids is 1. The molecule has 12 heteroatoms. The number of hydrogen-bond acceptors (Lipinski definition) is 5. The van der Waals surface area contributed by atoms with E-state index in [-0.39, 0.29) is 37.7 Å². The van der Waals surface area contributed by atoms with Crippen LogP contribution in [0.25, 0.3) is 0 Å². The monoisotopic (exact) mass is 503 g/mol. The van der Waals surface area contributed by atoms with Crippen molar-refractivity contribution in [3.05, 3.63) is 52.7 Å². The first-order valence-electron chi connectivity index (χ1n) is 11.1. The summed E-state index contributed by atoms with van der Waals surface area (Å²) in [5.74, 6) is -5.05. The Labute approximate surface area is 198 Å². The third-order valence-electron chi connectivity index (χ3n) is 5.85. The van der Waals surface area contributed by atoms with E-state index in [0.717, 1.165) is 31.0 Å². The molecule has 0 atom stereocenters. The molecule has 192 valence electrons. The number of amides is 1. The molecule has 4 rings (SSSR count). The summed E-state index contributed by atoms with van der Waals surface area (Å²) in [5, 5.41) is 7.12. The second-order valence-electron chi connectivity index (χ2n) is 8.47. The molecule has 1 saturated heterocycles. The fourth-order valence-electron chi connectivity index (χ4n) is 3.79. The number of carboxylic acids is 1. The van der Waals surface area contributed by atoms with E-state index in [2.05, 4.69) is 41.1 Å². The van der Waals surface area contributed by atoms with Crippen LogP contribution >= 0.6 is 0 Å². The SMILES string of the molecule is CCc1ccc(CN2CCc3oc(C(=O)N4CCC(F)(F)CC4)nc3C2)cc1.O=C(O)C(F)(F)F. The van der Waals surface area contributed by atoms with Crippen LogP contribution in [0.2, 0.25) is 0 Å². The van der Waals surface area contributed by atoms with E-state index in [4.69, 9.17) is 14.3 Å². The Bertz CT molecular complexity index is 1030. The van der Waals surface area contributed by atoms with E-state index in [1.54, 1.807) is 0 Å². The summed E-state index contributed by atoms with van der Waals surface area (Å²) in [7, 11) is 0. The second kappa shape index (κ2) is 10.7. The molecule has 0 radical (unpaired) electrons. The Kier molecular flexibility index (Phi) is 8.14. The zero-order valence-electron chi connectivity index (χ0n) is 19.1. The van der Waals surface area contributed by atoms with Crippen LogP contribution in [0.5, 0.6) is 0 Å². The maximum Gasteiger partial charge on any atom is 0.490 e. The summed E-state index contributed by atoms with van der Waals surface area (Å²) in [6, 6.07) is 8.61. The molecule has 1 aromatic heterocycles. The molecule has 0 saturated carbocycles. The Morgan fingerprint density at radius 1 is 1.09 bits per heavy atom. The maximum atomic E-state index is 13.3. The molecule has 1 N–H and O–H groups in total. The van der Waals surface area contributed by atoms with Crippen molar-refractivity contribution in [3.63, 3.8) is 0 Å². The third kappa shape index (κ3) is 7.23. The lowest BCUT2D eigenvalue weighted by Crippen LogP contribution is -2.42. The van der Waals surface area contributed by atoms with Crippen LogP contribution < -0.4 is 0 Å². The Balaban J connectivity index is 0.000000429. The molecule has 1 amide bonds. The molecular formula is C23H26F5N3O4. The quantitative estimate of drug-likeness (QED) is 0.627. The summed E-state index contributed by atoms with van der Waals surface area (Å²) >= 11 is 0. The number of nitrogens with zero attached hydrogens (tertiary/aromatic N) is 3. The van der Waals surface area contributed by atoms with Gasteiger partial charge in [-0.25, -0.2) is 18.6 Å². The molecule has 0 unspecified atom stereocenters. The molecule has 35 heavy (non-hydrogen) atoms. The first-order valence-corrected chi connectivity index (χ1v) is 11.1. The minimum Gasteiger partial charge on any atom is -0.475 e. The number of oxazole rings is 1. The molecule has 1 aromatic carbocycles. The Morgan fingerprint density at radius 3 is 2.20 bits per heavy atom. The number of halogens is 5. The van der Waals surface area contributed by atoms with Gasteiger partial charge in [-0.2, -0.15) is 13.2 Å². The molecule has 0 spiro atoms. The Hall–Kier alpha value is -3.02. The smallest absolute Gasteiger partial charge is 0.475 e. The Morgan fingerprint density at radius 2 is 1.66 bits per heavy atom. The number of carbonyl (C=O) groups is 2. The number of aromatic nitrogens is 1. The summed E-state index contributed by atoms with van der Waals surface area (Å²) in [6.07, 6.45) is -3.97. The van der Waals surface area contributed by atoms with Gasteiger partial charge in [-0.1, -0.05) is 31.2 Å². The summed E-state index contributed by atoms with van der Waals surface area (Å²) in [6.45, 7) is 4.50. The summed E-state index contributed by atoms with van der Waals surface area (Å²) in [5.41, 5.74) is 3.34. The second-order valence-corrected chi connectivity index (χ2v) is 8.47. The fraction of sp³-hybridized carbons (Fsp3) is 0.522. The predicted octanol–water partition coefficient (Wildman–Crippen LogP) is 4.30. The lowest BCUT2D eigenvalue weighted by Gasteiger charge is -2.30. The minimum atomic E-state index is -5.08. The van der Waals surface area contributed by atoms with Crippen molar-refractivity contribution in [3.8, 4) is 0 Å². The number of alkyl halides is 5. The van der Waals surface area contributed by atoms with Crippen LogP contribution in [0.15, 0.2) is 28.7 Å². The van der Waals surface area contributed by atoms with Gasteiger partial charge in [-0.3, -0.25) is 9.69 Å². The van der Waals surface area contributed by atoms with Crippen molar-refractivity contribution in [2.75, 3.05) is 19.6 Å². The van der Waals surface area contributed by atoms with E-state index in [9.17, 15) is 26.7 Å². The van der Waals surface area contributed by atoms with E-state index >= 15 is 0 Å². The van der Waals surface area contributed by atoms with Gasteiger partial charge in [-0.15, -0.1) is 0 Å². The van der Waals surface area contributed by atoms with E-state index in [0.29, 0.717) is 13.0 Å². The molecule has 3 heterocycles. The number of fused-ring (bicyclic) bond motifs is 1. The maximum absolute atomic E-state index is 13.3. The van der Waals surface area contributed by atoms with Gasteiger partial charge in [0.15, 0.2) is 0 Å². The van der Waals surface area contributed by atoms with Gasteiger partial charge in [0.05, 0.1) is 5.69 Å². The molecule has 1 fully saturated rings. The van der Waals surface area contributed by atoms with Gasteiger partial charge in [0.1, 0.15) is 5.76 Å². The van der Waals surface area contributed by atoms with Crippen molar-refractivity contribution in [2.24, 2.45) is 0 Å². The molecule has 0 aliphatic carbocycles. The van der Waals surface area contributed by atoms with Crippen molar-refractivity contribution < 1.29 is 41.1 Å². The number of benzene rings is 1. The fourth-order valence-corrected chi connectivity index (χ4v) is 3.79. The highest BCUT2D eigenvalue weighted by Gasteiger charge is 2.38. The van der Waals surface area contributed by atoms with Crippen LogP contribution in [-0.2, 0) is 30.7 Å². The number of likely N-dealkylation sites (tertiary alicyclic amines) is 1. The molecular weight excluding hydrogens is 477 g/mol. The molecule has 7 nitrogen and oxygen atoms in total. The average molecular weight is 503 g/mol. The van der Waals surface area contributed by atoms with Crippen molar-refractivity contribution >= 4 is 11.9 Å². The van der Waals surface area contributed by atoms with Crippen LogP contribution in [-0.4, -0.2) is 63.5 Å². The molecule has 2 aromatic rings. The first-order chi connectivity index (χ1) is 16.4. The van der Waals surface area contributed by atoms with Crippen LogP contribution in [0, 0.1) is 0 Å². The van der Waals surface area contributed by atoms with Gasteiger partial charge < -0.3 is 14.4 Å². The molecule has 2 aliphatic rings. The average Bonchev–Trinajstić information content (AvgIpc) is 3.22. The van der Waals surface area contributed by atoms with Crippen LogP contribution in [0.3, 0.4) is 0 Å². The largest absolute Gasteiger partial charge is 0.490 e. The lowest BCUT2D eigenvalue weighted by molar-refractivity contribution is -0.192. The van der Waals surface area contributed by atoms with Gasteiger partial charge in [-0.05, 0) is 17.5 Å². The van der Waals surface area contributed by atoms with E-state index in [1.165, 1.54) is 16.0 Å². The predicted molar refractivity (Wildman–Crippen MR) is 114 cm³/mol. The van der Waals surface area contributed by atoms with Gasteiger partial charge >= 0.3 is 18.1 Å². The normalized spacial score (nSPS) is 17.8. The van der Waals surface area contributed by atoms with Crippen LogP contribution in [0.4, 0.5) is 22.0 Å². The van der Waals surface area contributed by atoms with Gasteiger partial charge in [0.25, 0.3) is 11.8 Å². The highest BCUT2D eigenvalue weighted by Crippen LogP contribution is 2.29. The minimum absolute atomic E-state index is 0.0318. The number of rotatable bonds is 4. The van der Waals surface area contributed by atoms with Gasteiger partial charge in [0.2, 0.25) is 0 Å². The van der Waals surface area contributed by atoms with Crippen molar-refractivity contribution in [1.82, 2.24) is 14.8 Å². The highest BCUT2D eigenvalue weighted by molar-refractivity contribution is 5.89. The number of aliphatic carboxylic acids is 1. The van der Waals surface area contributed by atoms with Crippen molar-refractivity contribution in [1.29, 1.82) is 0 Å². The first kappa shape index (κ1) is 26.6. The summed E-state index contributed by atoms with van der Waals surface area (Å²) in [4.78, 5) is 29.6. The molecule has 2 aliphatic heterocycles. The third-order valence-corrected chi connectivity index (χ3v) is 5.85. The lowest BCUT2D eigenvalue weighted by atomic mass is 10.1. The number of hydrogen-bond donors (Lipinski definition) is 1. The van der Waals surface area contributed by atoms with Crippen LogP contribution in [0.1, 0.15) is 53.0 Å². The highest BCUT2D eigenvalue weighted by atomic mass is 19.4. The zero-order valence-corrected chi connectivity index (χ0v) is 19.1. The number of piperidine rings is 1. The van der Waals surface area contributed by atoms with Crippen molar-refractivity contribution in [2.45, 2.75) is 57.8 Å². The standard InChI is InChI=1S/C21H25F2N3O2.C2HF3O2/c1-2-15-3-5-16(6-4-15)13-25-10-7-18-17(14-25)24-19(28-18)20(27)26-11-8-21(22,23)9-12-26;3-2(4,5)1(6)7/h3-6H,2,7-14H2,1H3;(H,6,7).